The average molecular weight is 200 g/mol. The van der Waals surface area contributed by atoms with E-state index in [1.807, 2.05) is 0 Å². The Bertz CT molecular complexity index is 144. The van der Waals surface area contributed by atoms with E-state index in [1.165, 1.54) is 32.1 Å². The van der Waals surface area contributed by atoms with Crippen LogP contribution in [-0.4, -0.2) is 6.67 Å². The number of halogens is 1. The van der Waals surface area contributed by atoms with Crippen LogP contribution in [0.1, 0.15) is 58.8 Å². The SMILES string of the molecule is CCC1CC(CCCCF)CC[C@@H]1C. The van der Waals surface area contributed by atoms with Gasteiger partial charge in [0.15, 0.2) is 0 Å². The van der Waals surface area contributed by atoms with E-state index in [9.17, 15) is 4.39 Å². The lowest BCUT2D eigenvalue weighted by Gasteiger charge is -2.33. The molecule has 1 rings (SSSR count). The van der Waals surface area contributed by atoms with E-state index in [0.29, 0.717) is 0 Å². The minimum atomic E-state index is -0.125. The van der Waals surface area contributed by atoms with Gasteiger partial charge < -0.3 is 0 Å². The zero-order valence-electron chi connectivity index (χ0n) is 9.77. The maximum atomic E-state index is 12.0. The van der Waals surface area contributed by atoms with Crippen LogP contribution in [0, 0.1) is 17.8 Å². The molecular formula is C13H25F. The molecule has 0 spiro atoms. The second-order valence-electron chi connectivity index (χ2n) is 5.01. The highest BCUT2D eigenvalue weighted by Crippen LogP contribution is 2.37. The second-order valence-corrected chi connectivity index (χ2v) is 5.01. The Balaban J connectivity index is 2.21. The van der Waals surface area contributed by atoms with Crippen molar-refractivity contribution in [2.75, 3.05) is 6.67 Å². The lowest BCUT2D eigenvalue weighted by molar-refractivity contribution is 0.178. The predicted octanol–water partition coefficient (Wildman–Crippen LogP) is 4.59. The van der Waals surface area contributed by atoms with Crippen molar-refractivity contribution in [3.05, 3.63) is 0 Å². The molecule has 2 unspecified atom stereocenters. The number of unbranched alkanes of at least 4 members (excludes halogenated alkanes) is 1. The highest BCUT2D eigenvalue weighted by atomic mass is 19.1. The minimum absolute atomic E-state index is 0.125. The molecule has 0 aromatic carbocycles. The van der Waals surface area contributed by atoms with Crippen molar-refractivity contribution in [2.45, 2.75) is 58.8 Å². The number of hydrogen-bond donors (Lipinski definition) is 0. The Morgan fingerprint density at radius 2 is 2.00 bits per heavy atom. The number of hydrogen-bond acceptors (Lipinski definition) is 0. The van der Waals surface area contributed by atoms with Crippen molar-refractivity contribution in [3.63, 3.8) is 0 Å². The van der Waals surface area contributed by atoms with Gasteiger partial charge >= 0.3 is 0 Å². The monoisotopic (exact) mass is 200 g/mol. The summed E-state index contributed by atoms with van der Waals surface area (Å²) in [7, 11) is 0. The first kappa shape index (κ1) is 12.0. The molecule has 0 N–H and O–H groups in total. The van der Waals surface area contributed by atoms with Gasteiger partial charge in [0, 0.05) is 0 Å². The number of rotatable bonds is 5. The van der Waals surface area contributed by atoms with Gasteiger partial charge in [-0.15, -0.1) is 0 Å². The van der Waals surface area contributed by atoms with Crippen molar-refractivity contribution < 1.29 is 4.39 Å². The fourth-order valence-electron chi connectivity index (χ4n) is 2.87. The van der Waals surface area contributed by atoms with Crippen LogP contribution in [0.3, 0.4) is 0 Å². The smallest absolute Gasteiger partial charge is 0.0894 e. The normalized spacial score (nSPS) is 33.2. The van der Waals surface area contributed by atoms with Gasteiger partial charge in [0.2, 0.25) is 0 Å². The first-order chi connectivity index (χ1) is 6.77. The zero-order chi connectivity index (χ0) is 10.4. The summed E-state index contributed by atoms with van der Waals surface area (Å²) < 4.78 is 12.0. The average Bonchev–Trinajstić information content (AvgIpc) is 2.21. The molecule has 0 saturated heterocycles. The molecule has 0 radical (unpaired) electrons. The number of alkyl halides is 1. The Morgan fingerprint density at radius 1 is 1.21 bits per heavy atom. The molecule has 0 aromatic rings. The third kappa shape index (κ3) is 3.59. The van der Waals surface area contributed by atoms with Gasteiger partial charge in [-0.3, -0.25) is 4.39 Å². The largest absolute Gasteiger partial charge is 0.251 e. The van der Waals surface area contributed by atoms with E-state index >= 15 is 0 Å². The van der Waals surface area contributed by atoms with Gasteiger partial charge in [-0.05, 0) is 30.6 Å². The van der Waals surface area contributed by atoms with Crippen LogP contribution in [0.4, 0.5) is 4.39 Å². The molecule has 0 nitrogen and oxygen atoms in total. The molecule has 3 atom stereocenters. The maximum Gasteiger partial charge on any atom is 0.0894 e. The van der Waals surface area contributed by atoms with Crippen molar-refractivity contribution in [3.8, 4) is 0 Å². The van der Waals surface area contributed by atoms with Gasteiger partial charge in [-0.1, -0.05) is 46.0 Å². The fraction of sp³-hybridized carbons (Fsp3) is 1.00. The van der Waals surface area contributed by atoms with Crippen molar-refractivity contribution in [1.82, 2.24) is 0 Å². The van der Waals surface area contributed by atoms with E-state index < -0.39 is 0 Å². The minimum Gasteiger partial charge on any atom is -0.251 e. The molecule has 1 aliphatic carbocycles. The van der Waals surface area contributed by atoms with Crippen molar-refractivity contribution >= 4 is 0 Å². The zero-order valence-corrected chi connectivity index (χ0v) is 9.77. The van der Waals surface area contributed by atoms with Crippen molar-refractivity contribution in [1.29, 1.82) is 0 Å². The molecule has 14 heavy (non-hydrogen) atoms. The third-order valence-corrected chi connectivity index (χ3v) is 3.99. The molecule has 0 heterocycles. The molecule has 1 aliphatic rings. The van der Waals surface area contributed by atoms with E-state index in [-0.39, 0.29) is 6.67 Å². The first-order valence-electron chi connectivity index (χ1n) is 6.33. The molecule has 1 fully saturated rings. The van der Waals surface area contributed by atoms with Gasteiger partial charge in [-0.2, -0.15) is 0 Å². The third-order valence-electron chi connectivity index (χ3n) is 3.99. The highest BCUT2D eigenvalue weighted by Gasteiger charge is 2.25. The summed E-state index contributed by atoms with van der Waals surface area (Å²) in [5, 5.41) is 0. The fourth-order valence-corrected chi connectivity index (χ4v) is 2.87. The predicted molar refractivity (Wildman–Crippen MR) is 60.1 cm³/mol. The summed E-state index contributed by atoms with van der Waals surface area (Å²) in [5.41, 5.74) is 0. The van der Waals surface area contributed by atoms with Crippen LogP contribution in [0.5, 0.6) is 0 Å². The standard InChI is InChI=1S/C13H25F/c1-3-13-10-12(6-4-5-9-14)8-7-11(13)2/h11-13H,3-10H2,1-2H3/t11-,12?,13?/m0/s1. The van der Waals surface area contributed by atoms with Crippen LogP contribution in [0.15, 0.2) is 0 Å². The van der Waals surface area contributed by atoms with E-state index in [0.717, 1.165) is 30.6 Å². The molecular weight excluding hydrogens is 175 g/mol. The van der Waals surface area contributed by atoms with Crippen molar-refractivity contribution in [2.24, 2.45) is 17.8 Å². The topological polar surface area (TPSA) is 0 Å². The lowest BCUT2D eigenvalue weighted by Crippen LogP contribution is -2.22. The molecule has 0 bridgehead atoms. The molecule has 84 valence electrons. The summed E-state index contributed by atoms with van der Waals surface area (Å²) in [6.45, 7) is 4.58. The molecule has 0 amide bonds. The maximum absolute atomic E-state index is 12.0. The Labute approximate surface area is 88.3 Å². The highest BCUT2D eigenvalue weighted by molar-refractivity contribution is 4.77. The summed E-state index contributed by atoms with van der Waals surface area (Å²) >= 11 is 0. The van der Waals surface area contributed by atoms with Gasteiger partial charge in [0.05, 0.1) is 6.67 Å². The van der Waals surface area contributed by atoms with Gasteiger partial charge in [-0.25, -0.2) is 0 Å². The van der Waals surface area contributed by atoms with E-state index in [4.69, 9.17) is 0 Å². The quantitative estimate of drug-likeness (QED) is 0.569. The van der Waals surface area contributed by atoms with E-state index in [1.54, 1.807) is 0 Å². The Hall–Kier alpha value is -0.0700. The molecule has 0 aliphatic heterocycles. The summed E-state index contributed by atoms with van der Waals surface area (Å²) in [6.07, 6.45) is 8.69. The molecule has 0 aromatic heterocycles. The molecule has 1 saturated carbocycles. The first-order valence-corrected chi connectivity index (χ1v) is 6.33. The summed E-state index contributed by atoms with van der Waals surface area (Å²) in [4.78, 5) is 0. The van der Waals surface area contributed by atoms with Crippen LogP contribution in [0.25, 0.3) is 0 Å². The lowest BCUT2D eigenvalue weighted by atomic mass is 9.72. The van der Waals surface area contributed by atoms with Gasteiger partial charge in [0.1, 0.15) is 0 Å². The Kier molecular flexibility index (Phi) is 5.50. The molecule has 1 heteroatoms. The summed E-state index contributed by atoms with van der Waals surface area (Å²) in [5.74, 6) is 2.78. The van der Waals surface area contributed by atoms with Gasteiger partial charge in [0.25, 0.3) is 0 Å². The Morgan fingerprint density at radius 3 is 2.64 bits per heavy atom. The van der Waals surface area contributed by atoms with Crippen LogP contribution in [0.2, 0.25) is 0 Å². The van der Waals surface area contributed by atoms with E-state index in [2.05, 4.69) is 13.8 Å². The van der Waals surface area contributed by atoms with Crippen LogP contribution in [-0.2, 0) is 0 Å². The summed E-state index contributed by atoms with van der Waals surface area (Å²) in [6, 6.07) is 0. The van der Waals surface area contributed by atoms with Crippen LogP contribution >= 0.6 is 0 Å². The van der Waals surface area contributed by atoms with Crippen LogP contribution < -0.4 is 0 Å². The second kappa shape index (κ2) is 6.42.